The molecule has 0 amide bonds. The normalized spacial score (nSPS) is 14.8. The highest BCUT2D eigenvalue weighted by molar-refractivity contribution is 7.98. The summed E-state index contributed by atoms with van der Waals surface area (Å²) in [7, 11) is 1.61. The van der Waals surface area contributed by atoms with E-state index in [1.807, 2.05) is 32.0 Å². The molecule has 0 bridgehead atoms. The minimum atomic E-state index is 0.253. The summed E-state index contributed by atoms with van der Waals surface area (Å²) in [6, 6.07) is 13.9. The van der Waals surface area contributed by atoms with Crippen LogP contribution in [-0.2, 0) is 10.5 Å². The van der Waals surface area contributed by atoms with Crippen molar-refractivity contribution in [2.24, 2.45) is 5.41 Å². The molecule has 5 heterocycles. The lowest BCUT2D eigenvalue weighted by molar-refractivity contribution is 0.120. The van der Waals surface area contributed by atoms with Gasteiger partial charge in [0.25, 0.3) is 0 Å². The van der Waals surface area contributed by atoms with Crippen LogP contribution in [-0.4, -0.2) is 61.5 Å². The van der Waals surface area contributed by atoms with Gasteiger partial charge in [0, 0.05) is 56.2 Å². The molecule has 196 valence electrons. The fraction of sp³-hybridized carbons (Fsp3) is 0.393. The molecular formula is C28H31N7O2S. The molecule has 1 N–H and O–H groups in total. The Morgan fingerprint density at radius 1 is 1.05 bits per heavy atom. The number of methoxy groups -OCH3 is 1. The van der Waals surface area contributed by atoms with Crippen molar-refractivity contribution in [3.63, 3.8) is 0 Å². The van der Waals surface area contributed by atoms with Gasteiger partial charge >= 0.3 is 0 Å². The molecule has 1 spiro atoms. The molecule has 0 aromatic carbocycles. The second kappa shape index (κ2) is 12.7. The average Bonchev–Trinajstić information content (AvgIpc) is 2.92. The van der Waals surface area contributed by atoms with Crippen molar-refractivity contribution in [1.82, 2.24) is 20.3 Å². The van der Waals surface area contributed by atoms with E-state index in [-0.39, 0.29) is 5.41 Å². The molecule has 0 radical (unpaired) electrons. The first-order valence-electron chi connectivity index (χ1n) is 12.6. The molecule has 0 aliphatic carbocycles. The fourth-order valence-electron chi connectivity index (χ4n) is 4.45. The van der Waals surface area contributed by atoms with Gasteiger partial charge in [-0.25, -0.2) is 4.98 Å². The van der Waals surface area contributed by atoms with Crippen molar-refractivity contribution in [3.8, 4) is 29.1 Å². The molecular weight excluding hydrogens is 498 g/mol. The van der Waals surface area contributed by atoms with Crippen molar-refractivity contribution in [2.75, 3.05) is 51.4 Å². The van der Waals surface area contributed by atoms with Crippen LogP contribution in [0.5, 0.6) is 5.75 Å². The second-order valence-corrected chi connectivity index (χ2v) is 9.84. The lowest BCUT2D eigenvalue weighted by atomic mass is 9.74. The summed E-state index contributed by atoms with van der Waals surface area (Å²) >= 11 is 1.44. The molecule has 2 fully saturated rings. The van der Waals surface area contributed by atoms with Gasteiger partial charge in [-0.3, -0.25) is 9.97 Å². The van der Waals surface area contributed by atoms with Gasteiger partial charge in [0.05, 0.1) is 29.8 Å². The standard InChI is InChI=1S/C26H25N7O2S.C2H6/c1-34-8-9-35-19-5-6-22(31-12-19)23-20(10-27)24(33-16-26(17-33)14-29-15-26)32-25(21(23)11-28)36-13-18-4-2-3-7-30-18;1-2/h2-7,12,29H,8-9,13-17H2,1H3;1-2H3. The number of thioether (sulfide) groups is 1. The molecule has 5 rings (SSSR count). The molecule has 3 aromatic heterocycles. The third-order valence-electron chi connectivity index (χ3n) is 6.35. The first-order valence-corrected chi connectivity index (χ1v) is 13.6. The number of pyridine rings is 3. The summed E-state index contributed by atoms with van der Waals surface area (Å²) < 4.78 is 10.7. The summed E-state index contributed by atoms with van der Waals surface area (Å²) in [6.45, 7) is 8.48. The Balaban J connectivity index is 0.00000164. The van der Waals surface area contributed by atoms with Gasteiger partial charge in [0.1, 0.15) is 40.9 Å². The molecule has 9 nitrogen and oxygen atoms in total. The van der Waals surface area contributed by atoms with E-state index in [2.05, 4.69) is 32.3 Å². The Labute approximate surface area is 227 Å². The van der Waals surface area contributed by atoms with Gasteiger partial charge in [-0.1, -0.05) is 31.7 Å². The summed E-state index contributed by atoms with van der Waals surface area (Å²) in [5.41, 5.74) is 2.90. The van der Waals surface area contributed by atoms with E-state index in [0.29, 0.717) is 57.9 Å². The van der Waals surface area contributed by atoms with E-state index in [1.54, 1.807) is 31.6 Å². The molecule has 2 aliphatic rings. The van der Waals surface area contributed by atoms with Gasteiger partial charge in [-0.2, -0.15) is 10.5 Å². The van der Waals surface area contributed by atoms with Crippen molar-refractivity contribution in [1.29, 1.82) is 10.5 Å². The highest BCUT2D eigenvalue weighted by Gasteiger charge is 2.49. The topological polar surface area (TPSA) is 120 Å². The van der Waals surface area contributed by atoms with Crippen molar-refractivity contribution < 1.29 is 9.47 Å². The zero-order valence-electron chi connectivity index (χ0n) is 21.9. The second-order valence-electron chi connectivity index (χ2n) is 8.88. The highest BCUT2D eigenvalue weighted by atomic mass is 32.2. The van der Waals surface area contributed by atoms with E-state index in [0.717, 1.165) is 31.9 Å². The van der Waals surface area contributed by atoms with Gasteiger partial charge in [-0.05, 0) is 24.3 Å². The van der Waals surface area contributed by atoms with Gasteiger partial charge in [0.2, 0.25) is 0 Å². The maximum Gasteiger partial charge on any atom is 0.148 e. The number of nitrogens with zero attached hydrogens (tertiary/aromatic N) is 6. The minimum Gasteiger partial charge on any atom is -0.490 e. The van der Waals surface area contributed by atoms with Crippen molar-refractivity contribution >= 4 is 17.6 Å². The Kier molecular flexibility index (Phi) is 9.14. The van der Waals surface area contributed by atoms with E-state index in [9.17, 15) is 10.5 Å². The third kappa shape index (κ3) is 5.73. The van der Waals surface area contributed by atoms with Gasteiger partial charge in [-0.15, -0.1) is 0 Å². The number of hydrogen-bond donors (Lipinski definition) is 1. The number of ether oxygens (including phenoxy) is 2. The Morgan fingerprint density at radius 3 is 2.42 bits per heavy atom. The Hall–Kier alpha value is -3.70. The van der Waals surface area contributed by atoms with Crippen LogP contribution in [0.3, 0.4) is 0 Å². The number of nitrogens with one attached hydrogen (secondary N) is 1. The van der Waals surface area contributed by atoms with Gasteiger partial charge in [0.15, 0.2) is 0 Å². The minimum absolute atomic E-state index is 0.253. The third-order valence-corrected chi connectivity index (χ3v) is 7.36. The number of rotatable bonds is 9. The summed E-state index contributed by atoms with van der Waals surface area (Å²) in [5.74, 6) is 1.75. The van der Waals surface area contributed by atoms with Crippen LogP contribution in [0.1, 0.15) is 30.7 Å². The van der Waals surface area contributed by atoms with Crippen LogP contribution in [0, 0.1) is 28.1 Å². The number of nitriles is 2. The predicted molar refractivity (Wildman–Crippen MR) is 147 cm³/mol. The fourth-order valence-corrected chi connectivity index (χ4v) is 5.35. The zero-order chi connectivity index (χ0) is 27.0. The molecule has 10 heteroatoms. The Morgan fingerprint density at radius 2 is 1.84 bits per heavy atom. The van der Waals surface area contributed by atoms with E-state index in [1.165, 1.54) is 11.8 Å². The maximum atomic E-state index is 10.2. The number of aromatic nitrogens is 3. The lowest BCUT2D eigenvalue weighted by Crippen LogP contribution is -2.71. The van der Waals surface area contributed by atoms with E-state index in [4.69, 9.17) is 14.5 Å². The maximum absolute atomic E-state index is 10.2. The van der Waals surface area contributed by atoms with Crippen LogP contribution in [0.4, 0.5) is 5.82 Å². The molecule has 0 atom stereocenters. The van der Waals surface area contributed by atoms with Crippen molar-refractivity contribution in [3.05, 3.63) is 59.5 Å². The van der Waals surface area contributed by atoms with Crippen LogP contribution in [0.15, 0.2) is 47.8 Å². The van der Waals surface area contributed by atoms with Crippen LogP contribution in [0.2, 0.25) is 0 Å². The summed E-state index contributed by atoms with van der Waals surface area (Å²) in [4.78, 5) is 15.9. The van der Waals surface area contributed by atoms with Crippen LogP contribution in [0.25, 0.3) is 11.3 Å². The number of hydrogen-bond acceptors (Lipinski definition) is 10. The molecule has 38 heavy (non-hydrogen) atoms. The molecule has 0 saturated carbocycles. The van der Waals surface area contributed by atoms with Crippen LogP contribution >= 0.6 is 11.8 Å². The molecule has 2 aliphatic heterocycles. The SMILES string of the molecule is CC.COCCOc1ccc(-c2c(C#N)c(SCc3ccccn3)nc(N3CC4(CNC4)C3)c2C#N)nc1. The quantitative estimate of drug-likeness (QED) is 0.321. The van der Waals surface area contributed by atoms with Crippen molar-refractivity contribution in [2.45, 2.75) is 24.6 Å². The van der Waals surface area contributed by atoms with E-state index < -0.39 is 0 Å². The first-order chi connectivity index (χ1) is 18.7. The number of anilines is 1. The highest BCUT2D eigenvalue weighted by Crippen LogP contribution is 2.43. The zero-order valence-corrected chi connectivity index (χ0v) is 22.7. The average molecular weight is 530 g/mol. The smallest absolute Gasteiger partial charge is 0.148 e. The lowest BCUT2D eigenvalue weighted by Gasteiger charge is -2.56. The van der Waals surface area contributed by atoms with Crippen LogP contribution < -0.4 is 15.0 Å². The molecule has 3 aromatic rings. The summed E-state index contributed by atoms with van der Waals surface area (Å²) in [5, 5.41) is 24.3. The predicted octanol–water partition coefficient (Wildman–Crippen LogP) is 4.04. The largest absolute Gasteiger partial charge is 0.490 e. The summed E-state index contributed by atoms with van der Waals surface area (Å²) in [6.07, 6.45) is 3.35. The van der Waals surface area contributed by atoms with E-state index >= 15 is 0 Å². The molecule has 0 unspecified atom stereocenters. The van der Waals surface area contributed by atoms with Gasteiger partial charge < -0.3 is 19.7 Å². The Bertz CT molecular complexity index is 1310. The monoisotopic (exact) mass is 529 g/mol. The first kappa shape index (κ1) is 27.3. The molecule has 2 saturated heterocycles.